The molecule has 4 heterocycles. The van der Waals surface area contributed by atoms with Crippen molar-refractivity contribution in [2.45, 2.75) is 249 Å². The van der Waals surface area contributed by atoms with Gasteiger partial charge in [-0.25, -0.2) is 9.59 Å². The summed E-state index contributed by atoms with van der Waals surface area (Å²) in [6.45, 7) is 15.9. The van der Waals surface area contributed by atoms with Crippen LogP contribution in [-0.4, -0.2) is 245 Å². The van der Waals surface area contributed by atoms with Crippen LogP contribution in [0.1, 0.15) is 114 Å². The quantitative estimate of drug-likeness (QED) is 0.0413. The molecule has 0 aromatic heterocycles. The van der Waals surface area contributed by atoms with E-state index in [1.165, 1.54) is 5.57 Å². The molecule has 25 heteroatoms. The van der Waals surface area contributed by atoms with Crippen molar-refractivity contribution in [2.24, 2.45) is 50.2 Å². The molecular weight excluding hydrogens is 1100 g/mol. The smallest absolute Gasteiger partial charge is 0.335 e. The standard InChI is InChI=1S/C58H92O25/c1-10-24(2)48(74)78-34-19-53(3,4)17-26-25-11-12-31-55(7)15-14-33(54(5,6)30(55)13-16-56(31,8)57(25,9)18-32(63)58(26,34)23-61)79-52-46(83-50-41(70)39(68)37(66)29(21-60)77-50)43(42(71)44(81-52)47(72)73)80-51-45(35(64)27(62)22-75-51)82-49-40(69)38(67)36(65)28(20-59)76-49/h10-11,26-46,49-52,59-71H,12-23H2,1-9H3,(H,72,73)/b24-10-/t26-,27+,28+,29+,30-,31+,32+,33-,34-,35-,36+,37-,38-,39-,40+,41+,42-,43-,44-,45+,46+,49-,50-,51-,52+,55-,56+,57+,58-/m0/s1. The first-order valence-electron chi connectivity index (χ1n) is 29.4. The summed E-state index contributed by atoms with van der Waals surface area (Å²) in [5.74, 6) is -2.49. The Morgan fingerprint density at radius 1 is 0.639 bits per heavy atom. The van der Waals surface area contributed by atoms with E-state index in [1.807, 2.05) is 13.8 Å². The van der Waals surface area contributed by atoms with Gasteiger partial charge in [-0.15, -0.1) is 0 Å². The monoisotopic (exact) mass is 1190 g/mol. The van der Waals surface area contributed by atoms with E-state index in [2.05, 4.69) is 40.7 Å². The minimum absolute atomic E-state index is 0.0548. The predicted molar refractivity (Wildman–Crippen MR) is 283 cm³/mol. The van der Waals surface area contributed by atoms with Crippen LogP contribution in [0.3, 0.4) is 0 Å². The summed E-state index contributed by atoms with van der Waals surface area (Å²) in [4.78, 5) is 26.6. The third-order valence-electron chi connectivity index (χ3n) is 22.1. The van der Waals surface area contributed by atoms with Crippen LogP contribution >= 0.6 is 0 Å². The molecule has 83 heavy (non-hydrogen) atoms. The molecule has 4 aliphatic heterocycles. The fraction of sp³-hybridized carbons (Fsp3) is 0.897. The lowest BCUT2D eigenvalue weighted by Crippen LogP contribution is -2.70. The molecule has 0 radical (unpaired) electrons. The third kappa shape index (κ3) is 10.8. The van der Waals surface area contributed by atoms with Gasteiger partial charge in [0.25, 0.3) is 0 Å². The molecule has 4 saturated carbocycles. The molecule has 5 aliphatic carbocycles. The number of aliphatic hydroxyl groups is 13. The number of hydrogen-bond acceptors (Lipinski definition) is 24. The van der Waals surface area contributed by atoms with Gasteiger partial charge in [-0.2, -0.15) is 0 Å². The van der Waals surface area contributed by atoms with Crippen LogP contribution in [0.4, 0.5) is 0 Å². The second kappa shape index (κ2) is 23.8. The average molecular weight is 1190 g/mol. The Morgan fingerprint density at radius 3 is 1.80 bits per heavy atom. The highest BCUT2D eigenvalue weighted by Crippen LogP contribution is 2.76. The lowest BCUT2D eigenvalue weighted by Gasteiger charge is -2.72. The molecule has 0 aromatic rings. The molecule has 14 N–H and O–H groups in total. The molecule has 29 atom stereocenters. The highest BCUT2D eigenvalue weighted by atomic mass is 16.8. The van der Waals surface area contributed by atoms with Gasteiger partial charge in [0.1, 0.15) is 91.6 Å². The minimum atomic E-state index is -2.23. The maximum Gasteiger partial charge on any atom is 0.335 e. The van der Waals surface area contributed by atoms with E-state index in [0.29, 0.717) is 50.5 Å². The van der Waals surface area contributed by atoms with Gasteiger partial charge in [-0.05, 0) is 110 Å². The number of carboxylic acids is 1. The van der Waals surface area contributed by atoms with Crippen LogP contribution in [0.25, 0.3) is 0 Å². The van der Waals surface area contributed by atoms with Gasteiger partial charge in [-0.1, -0.05) is 66.2 Å². The minimum Gasteiger partial charge on any atom is -0.479 e. The molecule has 474 valence electrons. The molecule has 0 bridgehead atoms. The molecule has 0 unspecified atom stereocenters. The summed E-state index contributed by atoms with van der Waals surface area (Å²) >= 11 is 0. The fourth-order valence-electron chi connectivity index (χ4n) is 17.1. The maximum absolute atomic E-state index is 13.4. The molecule has 0 aromatic carbocycles. The van der Waals surface area contributed by atoms with Crippen LogP contribution in [0.5, 0.6) is 0 Å². The molecule has 9 rings (SSSR count). The van der Waals surface area contributed by atoms with E-state index in [0.717, 1.165) is 6.42 Å². The SMILES string of the molecule is C/C=C(/C)C(=O)O[C@H]1CC(C)(C)C[C@H]2C3=CC[C@@H]4[C@@]5(C)CC[C@H](O[C@@H]6O[C@H](C(=O)O)[C@@H](O)[C@H](O[C@@H]7OC[C@@H](O)[C@H](O)[C@H]7O[C@@H]7O[C@H](CO)[C@@H](O)[C@H](O)[C@H]7O)[C@H]6O[C@@H]6O[C@H](CO)[C@H](O)[C@H](O)[C@H]6O)C(C)(C)[C@@H]5CC[C@@]4(C)[C@]3(C)C[C@@H](O)[C@@]12CO. The van der Waals surface area contributed by atoms with Crippen molar-refractivity contribution in [2.75, 3.05) is 26.4 Å². The normalized spacial score (nSPS) is 51.5. The Kier molecular flexibility index (Phi) is 18.7. The van der Waals surface area contributed by atoms with E-state index in [-0.39, 0.29) is 40.6 Å². The predicted octanol–water partition coefficient (Wildman–Crippen LogP) is -1.37. The first-order valence-corrected chi connectivity index (χ1v) is 29.4. The van der Waals surface area contributed by atoms with Crippen LogP contribution in [0.15, 0.2) is 23.3 Å². The van der Waals surface area contributed by atoms with E-state index < -0.39 is 183 Å². The number of hydrogen-bond donors (Lipinski definition) is 14. The zero-order chi connectivity index (χ0) is 61.0. The average Bonchev–Trinajstić information content (AvgIpc) is 0.747. The summed E-state index contributed by atoms with van der Waals surface area (Å²) in [7, 11) is 0. The number of esters is 1. The van der Waals surface area contributed by atoms with Gasteiger partial charge in [0.2, 0.25) is 0 Å². The number of carbonyl (C=O) groups excluding carboxylic acids is 1. The molecular formula is C58H92O25. The van der Waals surface area contributed by atoms with Crippen molar-refractivity contribution in [3.63, 3.8) is 0 Å². The van der Waals surface area contributed by atoms with Gasteiger partial charge < -0.3 is 114 Å². The molecule has 25 nitrogen and oxygen atoms in total. The van der Waals surface area contributed by atoms with Crippen molar-refractivity contribution >= 4 is 11.9 Å². The third-order valence-corrected chi connectivity index (χ3v) is 22.1. The van der Waals surface area contributed by atoms with Gasteiger partial charge in [0.15, 0.2) is 31.3 Å². The molecule has 0 amide bonds. The number of carbonyl (C=O) groups is 2. The summed E-state index contributed by atoms with van der Waals surface area (Å²) < 4.78 is 55.0. The highest BCUT2D eigenvalue weighted by molar-refractivity contribution is 5.87. The van der Waals surface area contributed by atoms with E-state index in [1.54, 1.807) is 19.9 Å². The fourth-order valence-corrected chi connectivity index (χ4v) is 17.1. The number of allylic oxidation sites excluding steroid dienone is 3. The van der Waals surface area contributed by atoms with Crippen LogP contribution in [0, 0.1) is 50.2 Å². The van der Waals surface area contributed by atoms with Crippen LogP contribution in [-0.2, 0) is 52.2 Å². The zero-order valence-electron chi connectivity index (χ0n) is 48.8. The van der Waals surface area contributed by atoms with Crippen molar-refractivity contribution in [3.05, 3.63) is 23.3 Å². The lowest BCUT2D eigenvalue weighted by atomic mass is 9.33. The molecule has 4 saturated heterocycles. The molecule has 9 aliphatic rings. The van der Waals surface area contributed by atoms with Crippen LogP contribution < -0.4 is 0 Å². The summed E-state index contributed by atoms with van der Waals surface area (Å²) in [6.07, 6.45) is -30.1. The van der Waals surface area contributed by atoms with E-state index in [4.69, 9.17) is 42.6 Å². The molecule has 0 spiro atoms. The maximum atomic E-state index is 13.4. The Hall–Kier alpha value is -2.42. The number of ether oxygens (including phenoxy) is 9. The second-order valence-corrected chi connectivity index (χ2v) is 27.5. The van der Waals surface area contributed by atoms with Gasteiger partial charge in [0.05, 0.1) is 44.1 Å². The number of fused-ring (bicyclic) bond motifs is 7. The highest BCUT2D eigenvalue weighted by Gasteiger charge is 2.72. The number of aliphatic hydroxyl groups excluding tert-OH is 13. The van der Waals surface area contributed by atoms with Crippen LogP contribution in [0.2, 0.25) is 0 Å². The Balaban J connectivity index is 1.03. The number of carboxylic acid groups (broad SMARTS) is 1. The van der Waals surface area contributed by atoms with Gasteiger partial charge >= 0.3 is 11.9 Å². The summed E-state index contributed by atoms with van der Waals surface area (Å²) in [5, 5.41) is 154. The zero-order valence-corrected chi connectivity index (χ0v) is 48.8. The van der Waals surface area contributed by atoms with Crippen molar-refractivity contribution in [1.82, 2.24) is 0 Å². The first-order chi connectivity index (χ1) is 38.8. The van der Waals surface area contributed by atoms with Crippen molar-refractivity contribution in [3.8, 4) is 0 Å². The topological polar surface area (TPSA) is 400 Å². The molecule has 8 fully saturated rings. The Labute approximate surface area is 483 Å². The summed E-state index contributed by atoms with van der Waals surface area (Å²) in [5.41, 5.74) is -1.89. The first kappa shape index (κ1) is 65.0. The van der Waals surface area contributed by atoms with E-state index >= 15 is 0 Å². The Morgan fingerprint density at radius 2 is 1.23 bits per heavy atom. The van der Waals surface area contributed by atoms with Gasteiger partial charge in [0, 0.05) is 5.57 Å². The number of rotatable bonds is 14. The van der Waals surface area contributed by atoms with Crippen molar-refractivity contribution < 1.29 is 124 Å². The largest absolute Gasteiger partial charge is 0.479 e. The van der Waals surface area contributed by atoms with E-state index in [9.17, 15) is 81.1 Å². The van der Waals surface area contributed by atoms with Gasteiger partial charge in [-0.3, -0.25) is 0 Å². The number of aliphatic carboxylic acids is 1. The lowest BCUT2D eigenvalue weighted by molar-refractivity contribution is -0.401. The van der Waals surface area contributed by atoms with Crippen molar-refractivity contribution in [1.29, 1.82) is 0 Å². The summed E-state index contributed by atoms with van der Waals surface area (Å²) in [6, 6.07) is 0. The second-order valence-electron chi connectivity index (χ2n) is 27.5. The Bertz CT molecular complexity index is 2380.